The van der Waals surface area contributed by atoms with Crippen LogP contribution in [-0.4, -0.2) is 29.6 Å². The molecular weight excluding hydrogens is 571 g/mol. The summed E-state index contributed by atoms with van der Waals surface area (Å²) in [6, 6.07) is 20.6. The van der Waals surface area contributed by atoms with Crippen molar-refractivity contribution >= 4 is 30.0 Å². The van der Waals surface area contributed by atoms with Gasteiger partial charge in [0.2, 0.25) is 5.91 Å². The van der Waals surface area contributed by atoms with Crippen molar-refractivity contribution in [2.75, 3.05) is 12.3 Å². The van der Waals surface area contributed by atoms with Crippen molar-refractivity contribution in [2.24, 2.45) is 17.6 Å². The third-order valence-corrected chi connectivity index (χ3v) is 7.01. The second-order valence-electron chi connectivity index (χ2n) is 10.1. The summed E-state index contributed by atoms with van der Waals surface area (Å²) in [6.45, 7) is 1.12. The Hall–Kier alpha value is -3.76. The Kier molecular flexibility index (Phi) is 13.6. The number of nitrogens with one attached hydrogen (secondary N) is 1. The average molecular weight is 608 g/mol. The van der Waals surface area contributed by atoms with E-state index in [1.54, 1.807) is 0 Å². The van der Waals surface area contributed by atoms with Gasteiger partial charge in [-0.2, -0.15) is 13.2 Å². The number of anilines is 1. The Balaban J connectivity index is 0.000000433. The van der Waals surface area contributed by atoms with Gasteiger partial charge >= 0.3 is 12.1 Å². The lowest BCUT2D eigenvalue weighted by molar-refractivity contribution is -0.142. The minimum Gasteiger partial charge on any atom is -0.489 e. The fourth-order valence-electron chi connectivity index (χ4n) is 4.52. The van der Waals surface area contributed by atoms with Crippen LogP contribution in [-0.2, 0) is 28.8 Å². The second kappa shape index (κ2) is 16.6. The van der Waals surface area contributed by atoms with Crippen LogP contribution < -0.4 is 21.5 Å². The molecule has 1 fully saturated rings. The van der Waals surface area contributed by atoms with Crippen LogP contribution in [0, 0.1) is 11.8 Å². The minimum atomic E-state index is -4.27. The first-order chi connectivity index (χ1) is 19.5. The molecule has 1 aliphatic carbocycles. The SMILES string of the molecule is Cl.NCC1CCC(C(=O)N[C@@H](Cc2ccc(OCc3ccccc3)cc2)C(=O)O)CC1.Nc1ccc(C(F)(F)F)cc1. The molecule has 4 rings (SSSR count). The molecule has 0 radical (unpaired) electrons. The fraction of sp³-hybridized carbons (Fsp3) is 0.355. The summed E-state index contributed by atoms with van der Waals surface area (Å²) in [7, 11) is 0. The van der Waals surface area contributed by atoms with E-state index in [0.717, 1.165) is 54.7 Å². The molecule has 0 unspecified atom stereocenters. The van der Waals surface area contributed by atoms with E-state index in [1.165, 1.54) is 12.1 Å². The summed E-state index contributed by atoms with van der Waals surface area (Å²) in [5.41, 5.74) is 12.5. The zero-order valence-electron chi connectivity index (χ0n) is 23.1. The Bertz CT molecular complexity index is 1240. The standard InChI is InChI=1S/C24H30N2O4.C7H6F3N.ClH/c25-15-18-6-10-20(11-7-18)23(27)26-22(24(28)29)14-17-8-12-21(13-9-17)30-16-19-4-2-1-3-5-19;8-7(9,10)5-1-3-6(11)4-2-5;/h1-5,8-9,12-13,18,20,22H,6-7,10-11,14-16,25H2,(H,26,27)(H,28,29);1-4H,11H2;1H/t18?,20?,22-;;/m0../s1. The first-order valence-corrected chi connectivity index (χ1v) is 13.5. The molecule has 3 aromatic carbocycles. The average Bonchev–Trinajstić information content (AvgIpc) is 2.97. The fourth-order valence-corrected chi connectivity index (χ4v) is 4.52. The molecule has 0 aromatic heterocycles. The maximum absolute atomic E-state index is 12.5. The number of aliphatic carboxylic acids is 1. The molecule has 1 atom stereocenters. The van der Waals surface area contributed by atoms with Crippen LogP contribution in [0.3, 0.4) is 0 Å². The van der Waals surface area contributed by atoms with Crippen LogP contribution >= 0.6 is 12.4 Å². The van der Waals surface area contributed by atoms with Crippen LogP contribution in [0.4, 0.5) is 18.9 Å². The van der Waals surface area contributed by atoms with Gasteiger partial charge < -0.3 is 26.6 Å². The minimum absolute atomic E-state index is 0. The van der Waals surface area contributed by atoms with Crippen LogP contribution in [0.5, 0.6) is 5.75 Å². The van der Waals surface area contributed by atoms with Gasteiger partial charge in [-0.3, -0.25) is 4.79 Å². The van der Waals surface area contributed by atoms with Gasteiger partial charge in [0, 0.05) is 18.0 Å². The highest BCUT2D eigenvalue weighted by Crippen LogP contribution is 2.29. The number of ether oxygens (including phenoxy) is 1. The summed E-state index contributed by atoms with van der Waals surface area (Å²) >= 11 is 0. The Morgan fingerprint density at radius 1 is 0.905 bits per heavy atom. The first kappa shape index (κ1) is 34.4. The highest BCUT2D eigenvalue weighted by molar-refractivity contribution is 5.85. The van der Waals surface area contributed by atoms with Crippen LogP contribution in [0.2, 0.25) is 0 Å². The Labute approximate surface area is 249 Å². The number of nitrogen functional groups attached to an aromatic ring is 1. The molecule has 0 aliphatic heterocycles. The molecular formula is C31H37ClF3N3O4. The number of amides is 1. The van der Waals surface area contributed by atoms with Gasteiger partial charge in [0.15, 0.2) is 0 Å². The van der Waals surface area contributed by atoms with Crippen molar-refractivity contribution in [2.45, 2.75) is 50.9 Å². The van der Waals surface area contributed by atoms with E-state index in [2.05, 4.69) is 5.32 Å². The number of halogens is 4. The quantitative estimate of drug-likeness (QED) is 0.226. The van der Waals surface area contributed by atoms with E-state index in [1.807, 2.05) is 54.6 Å². The third kappa shape index (κ3) is 11.3. The van der Waals surface area contributed by atoms with E-state index in [9.17, 15) is 27.9 Å². The molecule has 3 aromatic rings. The van der Waals surface area contributed by atoms with Gasteiger partial charge in [-0.15, -0.1) is 12.4 Å². The van der Waals surface area contributed by atoms with Gasteiger partial charge in [0.05, 0.1) is 5.56 Å². The van der Waals surface area contributed by atoms with Crippen molar-refractivity contribution in [3.05, 3.63) is 95.6 Å². The van der Waals surface area contributed by atoms with E-state index < -0.39 is 23.8 Å². The number of hydrogen-bond donors (Lipinski definition) is 4. The zero-order valence-corrected chi connectivity index (χ0v) is 23.9. The largest absolute Gasteiger partial charge is 0.489 e. The van der Waals surface area contributed by atoms with E-state index in [-0.39, 0.29) is 30.7 Å². The van der Waals surface area contributed by atoms with Crippen molar-refractivity contribution in [3.8, 4) is 5.75 Å². The van der Waals surface area contributed by atoms with Crippen molar-refractivity contribution in [1.29, 1.82) is 0 Å². The van der Waals surface area contributed by atoms with Crippen molar-refractivity contribution in [3.63, 3.8) is 0 Å². The molecule has 42 heavy (non-hydrogen) atoms. The topological polar surface area (TPSA) is 128 Å². The van der Waals surface area contributed by atoms with E-state index >= 15 is 0 Å². The maximum atomic E-state index is 12.5. The molecule has 0 saturated heterocycles. The molecule has 7 nitrogen and oxygen atoms in total. The summed E-state index contributed by atoms with van der Waals surface area (Å²) in [5, 5.41) is 12.3. The molecule has 1 amide bonds. The highest BCUT2D eigenvalue weighted by atomic mass is 35.5. The van der Waals surface area contributed by atoms with Gasteiger partial charge in [-0.25, -0.2) is 4.79 Å². The summed E-state index contributed by atoms with van der Waals surface area (Å²) < 4.78 is 41.4. The van der Waals surface area contributed by atoms with Crippen LogP contribution in [0.1, 0.15) is 42.4 Å². The number of carbonyl (C=O) groups is 2. The maximum Gasteiger partial charge on any atom is 0.416 e. The number of carbonyl (C=O) groups excluding carboxylic acids is 1. The number of benzene rings is 3. The number of alkyl halides is 3. The van der Waals surface area contributed by atoms with Gasteiger partial charge in [0.25, 0.3) is 0 Å². The first-order valence-electron chi connectivity index (χ1n) is 13.5. The zero-order chi connectivity index (χ0) is 29.8. The predicted octanol–water partition coefficient (Wildman–Crippen LogP) is 5.85. The van der Waals surface area contributed by atoms with Gasteiger partial charge in [0.1, 0.15) is 18.4 Å². The van der Waals surface area contributed by atoms with Crippen molar-refractivity contribution in [1.82, 2.24) is 5.32 Å². The molecule has 1 aliphatic rings. The van der Waals surface area contributed by atoms with Crippen molar-refractivity contribution < 1.29 is 32.6 Å². The smallest absolute Gasteiger partial charge is 0.416 e. The number of nitrogens with two attached hydrogens (primary N) is 2. The summed E-state index contributed by atoms with van der Waals surface area (Å²) in [4.78, 5) is 24.2. The monoisotopic (exact) mass is 607 g/mol. The summed E-state index contributed by atoms with van der Waals surface area (Å²) in [6.07, 6.45) is -0.638. The van der Waals surface area contributed by atoms with Crippen LogP contribution in [0.15, 0.2) is 78.9 Å². The molecule has 228 valence electrons. The third-order valence-electron chi connectivity index (χ3n) is 7.01. The molecule has 6 N–H and O–H groups in total. The lowest BCUT2D eigenvalue weighted by Crippen LogP contribution is -2.45. The van der Waals surface area contributed by atoms with E-state index in [0.29, 0.717) is 24.8 Å². The molecule has 0 heterocycles. The van der Waals surface area contributed by atoms with Crippen LogP contribution in [0.25, 0.3) is 0 Å². The highest BCUT2D eigenvalue weighted by Gasteiger charge is 2.30. The number of carboxylic acid groups (broad SMARTS) is 1. The Morgan fingerprint density at radius 2 is 1.50 bits per heavy atom. The summed E-state index contributed by atoms with van der Waals surface area (Å²) in [5.74, 6) is -0.116. The molecule has 0 spiro atoms. The lowest BCUT2D eigenvalue weighted by atomic mass is 9.81. The molecule has 1 saturated carbocycles. The predicted molar refractivity (Wildman–Crippen MR) is 158 cm³/mol. The van der Waals surface area contributed by atoms with Gasteiger partial charge in [-0.05, 0) is 85.7 Å². The molecule has 11 heteroatoms. The number of rotatable bonds is 9. The second-order valence-corrected chi connectivity index (χ2v) is 10.1. The normalized spacial score (nSPS) is 17.0. The Morgan fingerprint density at radius 3 is 2.02 bits per heavy atom. The number of carboxylic acids is 1. The molecule has 0 bridgehead atoms. The van der Waals surface area contributed by atoms with Gasteiger partial charge in [-0.1, -0.05) is 42.5 Å². The van der Waals surface area contributed by atoms with E-state index in [4.69, 9.17) is 16.2 Å². The lowest BCUT2D eigenvalue weighted by Gasteiger charge is -2.27. The number of hydrogen-bond acceptors (Lipinski definition) is 5.